The van der Waals surface area contributed by atoms with Crippen molar-refractivity contribution in [1.82, 2.24) is 4.98 Å². The molecule has 12 heavy (non-hydrogen) atoms. The van der Waals surface area contributed by atoms with Gasteiger partial charge in [0.25, 0.3) is 0 Å². The topological polar surface area (TPSA) is 86.5 Å². The fraction of sp³-hybridized carbons (Fsp3) is 0. The Labute approximate surface area is 82.8 Å². The van der Waals surface area contributed by atoms with Crippen LogP contribution in [0.2, 0.25) is 0 Å². The van der Waals surface area contributed by atoms with Crippen LogP contribution in [0.4, 0.5) is 5.82 Å². The maximum Gasteiger partial charge on any atom is 0.160 e. The maximum atomic E-state index is 8.58. The Morgan fingerprint density at radius 2 is 2.08 bits per heavy atom. The van der Waals surface area contributed by atoms with Crippen LogP contribution in [-0.4, -0.2) is 4.98 Å². The highest BCUT2D eigenvalue weighted by Crippen LogP contribution is 2.15. The van der Waals surface area contributed by atoms with Gasteiger partial charge in [0, 0.05) is 0 Å². The predicted octanol–water partition coefficient (Wildman–Crippen LogP) is 1.01. The predicted molar refractivity (Wildman–Crippen MR) is 50.8 cm³/mol. The molecule has 4 nitrogen and oxygen atoms in total. The number of nitrogens with two attached hydrogens (primary N) is 1. The summed E-state index contributed by atoms with van der Waals surface area (Å²) in [6, 6.07) is 5.21. The van der Waals surface area contributed by atoms with Crippen LogP contribution in [0.5, 0.6) is 0 Å². The van der Waals surface area contributed by atoms with Gasteiger partial charge in [-0.05, 0) is 28.7 Å². The number of rotatable bonds is 0. The van der Waals surface area contributed by atoms with E-state index >= 15 is 0 Å². The van der Waals surface area contributed by atoms with E-state index in [1.54, 1.807) is 12.1 Å². The van der Waals surface area contributed by atoms with Gasteiger partial charge in [0.15, 0.2) is 5.69 Å². The molecule has 0 fully saturated rings. The molecule has 0 saturated carbocycles. The van der Waals surface area contributed by atoms with Gasteiger partial charge in [-0.1, -0.05) is 0 Å². The Morgan fingerprint density at radius 1 is 1.42 bits per heavy atom. The smallest absolute Gasteiger partial charge is 0.160 e. The first-order valence-corrected chi connectivity index (χ1v) is 4.03. The normalized spacial score (nSPS) is 8.58. The second kappa shape index (κ2) is 3.37. The average molecular weight is 270 g/mol. The first-order valence-electron chi connectivity index (χ1n) is 2.95. The van der Waals surface area contributed by atoms with Gasteiger partial charge in [-0.3, -0.25) is 0 Å². The quantitative estimate of drug-likeness (QED) is 0.713. The first-order chi connectivity index (χ1) is 5.69. The molecule has 1 aromatic heterocycles. The number of hydrogen-bond acceptors (Lipinski definition) is 4. The van der Waals surface area contributed by atoms with E-state index < -0.39 is 0 Å². The largest absolute Gasteiger partial charge is 0.383 e. The van der Waals surface area contributed by atoms with Crippen LogP contribution in [0.25, 0.3) is 0 Å². The zero-order valence-corrected chi connectivity index (χ0v) is 8.03. The standard InChI is InChI=1S/C7H3IN4/c8-5-1-4(2-9)6(3-10)12-7(5)11/h1H,(H2,11,12). The average Bonchev–Trinajstić information content (AvgIpc) is 2.09. The van der Waals surface area contributed by atoms with Gasteiger partial charge in [-0.25, -0.2) is 4.98 Å². The number of halogens is 1. The Balaban J connectivity index is 3.44. The molecule has 0 unspecified atom stereocenters. The summed E-state index contributed by atoms with van der Waals surface area (Å²) in [4.78, 5) is 3.75. The highest BCUT2D eigenvalue weighted by atomic mass is 127. The third-order valence-corrected chi connectivity index (χ3v) is 2.09. The second-order valence-electron chi connectivity index (χ2n) is 1.98. The van der Waals surface area contributed by atoms with Crippen LogP contribution in [0.15, 0.2) is 6.07 Å². The van der Waals surface area contributed by atoms with E-state index in [0.717, 1.165) is 0 Å². The summed E-state index contributed by atoms with van der Waals surface area (Å²) in [6.07, 6.45) is 0. The molecule has 0 aliphatic heterocycles. The summed E-state index contributed by atoms with van der Waals surface area (Å²) in [7, 11) is 0. The fourth-order valence-corrected chi connectivity index (χ4v) is 1.11. The molecule has 0 atom stereocenters. The van der Waals surface area contributed by atoms with Gasteiger partial charge in [-0.15, -0.1) is 0 Å². The molecule has 0 amide bonds. The molecule has 1 heterocycles. The first kappa shape index (κ1) is 8.75. The lowest BCUT2D eigenvalue weighted by Crippen LogP contribution is -1.98. The third kappa shape index (κ3) is 1.46. The number of nitriles is 2. The molecule has 0 aliphatic rings. The van der Waals surface area contributed by atoms with Crippen molar-refractivity contribution >= 4 is 28.4 Å². The van der Waals surface area contributed by atoms with E-state index in [9.17, 15) is 0 Å². The number of hydrogen-bond donors (Lipinski definition) is 1. The summed E-state index contributed by atoms with van der Waals surface area (Å²) in [5.41, 5.74) is 5.78. The lowest BCUT2D eigenvalue weighted by molar-refractivity contribution is 1.23. The molecule has 58 valence electrons. The number of aromatic nitrogens is 1. The van der Waals surface area contributed by atoms with E-state index in [4.69, 9.17) is 16.3 Å². The van der Waals surface area contributed by atoms with E-state index in [1.807, 2.05) is 28.7 Å². The SMILES string of the molecule is N#Cc1cc(I)c(N)nc1C#N. The molecule has 0 spiro atoms. The van der Waals surface area contributed by atoms with Gasteiger partial charge in [-0.2, -0.15) is 10.5 Å². The zero-order chi connectivity index (χ0) is 9.14. The van der Waals surface area contributed by atoms with Crippen LogP contribution < -0.4 is 5.73 Å². The second-order valence-corrected chi connectivity index (χ2v) is 3.14. The van der Waals surface area contributed by atoms with Crippen LogP contribution in [0.1, 0.15) is 11.3 Å². The lowest BCUT2D eigenvalue weighted by Gasteiger charge is -1.98. The van der Waals surface area contributed by atoms with Crippen molar-refractivity contribution in [3.63, 3.8) is 0 Å². The number of nitrogens with zero attached hydrogens (tertiary/aromatic N) is 3. The van der Waals surface area contributed by atoms with Crippen LogP contribution in [0, 0.1) is 26.2 Å². The Bertz CT molecular complexity index is 360. The highest BCUT2D eigenvalue weighted by molar-refractivity contribution is 14.1. The molecule has 0 bridgehead atoms. The van der Waals surface area contributed by atoms with Crippen molar-refractivity contribution in [3.8, 4) is 12.1 Å². The minimum absolute atomic E-state index is 0.0791. The summed E-state index contributed by atoms with van der Waals surface area (Å²) < 4.78 is 0.683. The van der Waals surface area contributed by atoms with Crippen molar-refractivity contribution in [3.05, 3.63) is 20.9 Å². The Kier molecular flexibility index (Phi) is 2.46. The van der Waals surface area contributed by atoms with Gasteiger partial charge in [0.1, 0.15) is 18.0 Å². The minimum Gasteiger partial charge on any atom is -0.383 e. The monoisotopic (exact) mass is 270 g/mol. The molecule has 0 aliphatic carbocycles. The molecule has 0 aromatic carbocycles. The third-order valence-electron chi connectivity index (χ3n) is 1.23. The zero-order valence-electron chi connectivity index (χ0n) is 5.87. The van der Waals surface area contributed by atoms with Crippen molar-refractivity contribution in [1.29, 1.82) is 10.5 Å². The highest BCUT2D eigenvalue weighted by Gasteiger charge is 2.06. The van der Waals surface area contributed by atoms with Crippen LogP contribution in [0.3, 0.4) is 0 Å². The molecule has 0 saturated heterocycles. The molecule has 0 radical (unpaired) electrons. The molecular formula is C7H3IN4. The van der Waals surface area contributed by atoms with E-state index in [1.165, 1.54) is 0 Å². The Hall–Kier alpha value is -1.34. The van der Waals surface area contributed by atoms with Crippen molar-refractivity contribution in [2.24, 2.45) is 0 Å². The van der Waals surface area contributed by atoms with Crippen LogP contribution in [-0.2, 0) is 0 Å². The van der Waals surface area contributed by atoms with Gasteiger partial charge in [0.2, 0.25) is 0 Å². The van der Waals surface area contributed by atoms with Crippen molar-refractivity contribution in [2.75, 3.05) is 5.73 Å². The van der Waals surface area contributed by atoms with Gasteiger partial charge in [0.05, 0.1) is 9.13 Å². The van der Waals surface area contributed by atoms with E-state index in [-0.39, 0.29) is 17.1 Å². The summed E-state index contributed by atoms with van der Waals surface area (Å²) >= 11 is 1.96. The Morgan fingerprint density at radius 3 is 2.58 bits per heavy atom. The number of anilines is 1. The lowest BCUT2D eigenvalue weighted by atomic mass is 10.2. The van der Waals surface area contributed by atoms with Crippen molar-refractivity contribution < 1.29 is 0 Å². The molecule has 1 aromatic rings. The van der Waals surface area contributed by atoms with Crippen molar-refractivity contribution in [2.45, 2.75) is 0 Å². The molecule has 1 rings (SSSR count). The molecule has 5 heteroatoms. The van der Waals surface area contributed by atoms with E-state index in [2.05, 4.69) is 4.98 Å². The maximum absolute atomic E-state index is 8.58. The number of pyridine rings is 1. The molecular weight excluding hydrogens is 267 g/mol. The summed E-state index contributed by atoms with van der Waals surface area (Å²) in [6.45, 7) is 0. The fourth-order valence-electron chi connectivity index (χ4n) is 0.674. The molecule has 2 N–H and O–H groups in total. The number of nitrogen functional groups attached to an aromatic ring is 1. The van der Waals surface area contributed by atoms with Crippen LogP contribution >= 0.6 is 22.6 Å². The minimum atomic E-state index is 0.0791. The van der Waals surface area contributed by atoms with E-state index in [0.29, 0.717) is 3.57 Å². The van der Waals surface area contributed by atoms with Gasteiger partial charge < -0.3 is 5.73 Å². The van der Waals surface area contributed by atoms with Gasteiger partial charge >= 0.3 is 0 Å². The summed E-state index contributed by atoms with van der Waals surface area (Å²) in [5.74, 6) is 0.283. The summed E-state index contributed by atoms with van der Waals surface area (Å²) in [5, 5.41) is 17.1.